The normalized spacial score (nSPS) is 25.6. The largest absolute Gasteiger partial charge is 0.390 e. The van der Waals surface area contributed by atoms with Gasteiger partial charge in [0, 0.05) is 11.6 Å². The summed E-state index contributed by atoms with van der Waals surface area (Å²) in [5.74, 6) is -0.635. The Balaban J connectivity index is 2.65. The molecule has 17 heavy (non-hydrogen) atoms. The van der Waals surface area contributed by atoms with Crippen molar-refractivity contribution in [1.82, 2.24) is 0 Å². The summed E-state index contributed by atoms with van der Waals surface area (Å²) in [7, 11) is 0. The molecule has 1 aromatic rings. The molecule has 2 atom stereocenters. The predicted molar refractivity (Wildman–Crippen MR) is 63.2 cm³/mol. The summed E-state index contributed by atoms with van der Waals surface area (Å²) in [5.41, 5.74) is 1.05. The molecule has 1 aliphatic heterocycles. The van der Waals surface area contributed by atoms with Crippen molar-refractivity contribution >= 4 is 5.69 Å². The highest BCUT2D eigenvalue weighted by Gasteiger charge is 2.39. The summed E-state index contributed by atoms with van der Waals surface area (Å²) in [6.07, 6.45) is -0.618. The molecule has 0 aromatic heterocycles. The third kappa shape index (κ3) is 1.77. The SMILES string of the molecule is CC1c2c(C#N)cc(F)cc2NC(C)(C)C1O. The molecule has 2 unspecified atom stereocenters. The van der Waals surface area contributed by atoms with E-state index in [0.29, 0.717) is 11.3 Å². The minimum absolute atomic E-state index is 0.198. The number of nitriles is 1. The Morgan fingerprint density at radius 1 is 1.47 bits per heavy atom. The van der Waals surface area contributed by atoms with Crippen LogP contribution in [0.15, 0.2) is 12.1 Å². The molecule has 0 saturated carbocycles. The van der Waals surface area contributed by atoms with Crippen molar-refractivity contribution in [3.05, 3.63) is 29.1 Å². The van der Waals surface area contributed by atoms with Gasteiger partial charge in [-0.3, -0.25) is 0 Å². The van der Waals surface area contributed by atoms with Crippen LogP contribution in [0.2, 0.25) is 0 Å². The van der Waals surface area contributed by atoms with Gasteiger partial charge in [-0.25, -0.2) is 4.39 Å². The van der Waals surface area contributed by atoms with E-state index in [1.165, 1.54) is 12.1 Å². The molecule has 0 saturated heterocycles. The Morgan fingerprint density at radius 2 is 2.12 bits per heavy atom. The maximum atomic E-state index is 13.4. The van der Waals surface area contributed by atoms with Gasteiger partial charge in [0.2, 0.25) is 0 Å². The standard InChI is InChI=1S/C13H15FN2O/c1-7-11-8(6-15)4-9(14)5-10(11)16-13(2,3)12(7)17/h4-5,7,12,16-17H,1-3H3. The predicted octanol–water partition coefficient (Wildman–Crippen LogP) is 2.37. The quantitative estimate of drug-likeness (QED) is 0.724. The molecule has 0 aliphatic carbocycles. The van der Waals surface area contributed by atoms with E-state index in [-0.39, 0.29) is 11.5 Å². The van der Waals surface area contributed by atoms with Crippen LogP contribution in [0, 0.1) is 17.1 Å². The van der Waals surface area contributed by atoms with Crippen LogP contribution in [0.1, 0.15) is 37.8 Å². The van der Waals surface area contributed by atoms with Gasteiger partial charge in [0.05, 0.1) is 23.3 Å². The van der Waals surface area contributed by atoms with Crippen molar-refractivity contribution in [2.24, 2.45) is 0 Å². The number of nitrogens with one attached hydrogen (secondary N) is 1. The van der Waals surface area contributed by atoms with Crippen molar-refractivity contribution in [1.29, 1.82) is 5.26 Å². The minimum Gasteiger partial charge on any atom is -0.390 e. The lowest BCUT2D eigenvalue weighted by Crippen LogP contribution is -2.50. The molecule has 0 fully saturated rings. The zero-order valence-corrected chi connectivity index (χ0v) is 10.1. The van der Waals surface area contributed by atoms with Crippen LogP contribution in [-0.2, 0) is 0 Å². The number of anilines is 1. The lowest BCUT2D eigenvalue weighted by Gasteiger charge is -2.42. The van der Waals surface area contributed by atoms with Crippen LogP contribution in [0.5, 0.6) is 0 Å². The summed E-state index contributed by atoms with van der Waals surface area (Å²) < 4.78 is 13.4. The van der Waals surface area contributed by atoms with E-state index in [9.17, 15) is 9.50 Å². The molecule has 4 heteroatoms. The summed E-state index contributed by atoms with van der Waals surface area (Å²) >= 11 is 0. The van der Waals surface area contributed by atoms with Crippen LogP contribution in [0.4, 0.5) is 10.1 Å². The lowest BCUT2D eigenvalue weighted by molar-refractivity contribution is 0.0867. The second-order valence-corrected chi connectivity index (χ2v) is 5.11. The Hall–Kier alpha value is -1.60. The molecule has 3 nitrogen and oxygen atoms in total. The number of nitrogens with zero attached hydrogens (tertiary/aromatic N) is 1. The first-order valence-corrected chi connectivity index (χ1v) is 5.56. The number of aliphatic hydroxyl groups is 1. The second kappa shape index (κ2) is 3.71. The highest BCUT2D eigenvalue weighted by atomic mass is 19.1. The molecular weight excluding hydrogens is 219 g/mol. The fraction of sp³-hybridized carbons (Fsp3) is 0.462. The first-order chi connectivity index (χ1) is 7.86. The van der Waals surface area contributed by atoms with Crippen LogP contribution in [-0.4, -0.2) is 16.7 Å². The summed E-state index contributed by atoms with van der Waals surface area (Å²) in [6, 6.07) is 4.57. The van der Waals surface area contributed by atoms with E-state index in [0.717, 1.165) is 0 Å². The smallest absolute Gasteiger partial charge is 0.126 e. The van der Waals surface area contributed by atoms with Crippen molar-refractivity contribution in [3.63, 3.8) is 0 Å². The Morgan fingerprint density at radius 3 is 2.71 bits per heavy atom. The van der Waals surface area contributed by atoms with Gasteiger partial charge in [-0.05, 0) is 31.5 Å². The van der Waals surface area contributed by atoms with E-state index in [2.05, 4.69) is 5.32 Å². The molecule has 1 aromatic carbocycles. The molecule has 0 bridgehead atoms. The fourth-order valence-corrected chi connectivity index (χ4v) is 2.51. The lowest BCUT2D eigenvalue weighted by atomic mass is 9.77. The van der Waals surface area contributed by atoms with Gasteiger partial charge < -0.3 is 10.4 Å². The zero-order valence-electron chi connectivity index (χ0n) is 10.1. The molecule has 0 radical (unpaired) electrons. The van der Waals surface area contributed by atoms with Gasteiger partial charge in [0.1, 0.15) is 5.82 Å². The van der Waals surface area contributed by atoms with E-state index in [1.807, 2.05) is 26.8 Å². The fourth-order valence-electron chi connectivity index (χ4n) is 2.51. The summed E-state index contributed by atoms with van der Waals surface area (Å²) in [5, 5.41) is 22.3. The van der Waals surface area contributed by atoms with Gasteiger partial charge in [0.15, 0.2) is 0 Å². The van der Waals surface area contributed by atoms with Gasteiger partial charge in [0.25, 0.3) is 0 Å². The van der Waals surface area contributed by atoms with Crippen molar-refractivity contribution in [3.8, 4) is 6.07 Å². The average Bonchev–Trinajstić information content (AvgIpc) is 2.24. The third-order valence-electron chi connectivity index (χ3n) is 3.39. The number of benzene rings is 1. The number of hydrogen-bond acceptors (Lipinski definition) is 3. The van der Waals surface area contributed by atoms with Gasteiger partial charge in [-0.1, -0.05) is 6.92 Å². The topological polar surface area (TPSA) is 56.0 Å². The maximum Gasteiger partial charge on any atom is 0.126 e. The molecule has 2 rings (SSSR count). The van der Waals surface area contributed by atoms with Gasteiger partial charge in [-0.2, -0.15) is 5.26 Å². The first kappa shape index (κ1) is 11.9. The summed E-state index contributed by atoms with van der Waals surface area (Å²) in [4.78, 5) is 0. The number of aliphatic hydroxyl groups excluding tert-OH is 1. The maximum absolute atomic E-state index is 13.4. The molecule has 1 heterocycles. The van der Waals surface area contributed by atoms with Crippen LogP contribution >= 0.6 is 0 Å². The average molecular weight is 234 g/mol. The molecule has 0 amide bonds. The monoisotopic (exact) mass is 234 g/mol. The Bertz CT molecular complexity index is 505. The molecule has 90 valence electrons. The highest BCUT2D eigenvalue weighted by Crippen LogP contribution is 2.40. The van der Waals surface area contributed by atoms with E-state index in [1.54, 1.807) is 0 Å². The molecule has 0 spiro atoms. The molecule has 1 aliphatic rings. The minimum atomic E-state index is -0.618. The number of halogens is 1. The van der Waals surface area contributed by atoms with E-state index >= 15 is 0 Å². The number of rotatable bonds is 0. The van der Waals surface area contributed by atoms with Crippen LogP contribution in [0.3, 0.4) is 0 Å². The highest BCUT2D eigenvalue weighted by molar-refractivity contribution is 5.63. The number of fused-ring (bicyclic) bond motifs is 1. The van der Waals surface area contributed by atoms with Crippen molar-refractivity contribution in [2.75, 3.05) is 5.32 Å². The van der Waals surface area contributed by atoms with Crippen molar-refractivity contribution in [2.45, 2.75) is 38.3 Å². The number of hydrogen-bond donors (Lipinski definition) is 2. The Labute approximate surface area is 99.9 Å². The van der Waals surface area contributed by atoms with Crippen LogP contribution in [0.25, 0.3) is 0 Å². The van der Waals surface area contributed by atoms with Crippen LogP contribution < -0.4 is 5.32 Å². The zero-order chi connectivity index (χ0) is 12.8. The van der Waals surface area contributed by atoms with E-state index in [4.69, 9.17) is 5.26 Å². The Kier molecular flexibility index (Phi) is 2.59. The van der Waals surface area contributed by atoms with Gasteiger partial charge in [-0.15, -0.1) is 0 Å². The van der Waals surface area contributed by atoms with Crippen molar-refractivity contribution < 1.29 is 9.50 Å². The molecule has 2 N–H and O–H groups in total. The molecular formula is C13H15FN2O. The first-order valence-electron chi connectivity index (χ1n) is 5.56. The van der Waals surface area contributed by atoms with E-state index < -0.39 is 17.5 Å². The third-order valence-corrected chi connectivity index (χ3v) is 3.39. The summed E-state index contributed by atoms with van der Waals surface area (Å²) in [6.45, 7) is 5.56. The second-order valence-electron chi connectivity index (χ2n) is 5.11. The van der Waals surface area contributed by atoms with Gasteiger partial charge >= 0.3 is 0 Å².